The number of carbonyl (C=O) groups excluding carboxylic acids is 1. The molecular weight excluding hydrogens is 344 g/mol. The van der Waals surface area contributed by atoms with Gasteiger partial charge >= 0.3 is 5.97 Å². The van der Waals surface area contributed by atoms with Crippen LogP contribution in [0.1, 0.15) is 70.4 Å². The lowest BCUT2D eigenvalue weighted by molar-refractivity contribution is 0.0685. The molecule has 1 atom stereocenters. The average molecular weight is 368 g/mol. The zero-order chi connectivity index (χ0) is 18.8. The lowest BCUT2D eigenvalue weighted by Crippen LogP contribution is -2.40. The number of piperidine rings is 1. The largest absolute Gasteiger partial charge is 0.478 e. The van der Waals surface area contributed by atoms with Gasteiger partial charge in [-0.25, -0.2) is 4.79 Å². The quantitative estimate of drug-likeness (QED) is 0.900. The molecule has 7 heteroatoms. The van der Waals surface area contributed by atoms with Crippen molar-refractivity contribution in [1.29, 1.82) is 0 Å². The molecule has 142 valence electrons. The lowest BCUT2D eigenvalue weighted by atomic mass is 9.90. The molecule has 1 fully saturated rings. The van der Waals surface area contributed by atoms with Crippen molar-refractivity contribution < 1.29 is 14.7 Å². The Morgan fingerprint density at radius 2 is 1.81 bits per heavy atom. The highest BCUT2D eigenvalue weighted by Crippen LogP contribution is 2.28. The van der Waals surface area contributed by atoms with E-state index >= 15 is 0 Å². The van der Waals surface area contributed by atoms with E-state index in [9.17, 15) is 9.59 Å². The van der Waals surface area contributed by atoms with Gasteiger partial charge < -0.3 is 14.6 Å². The molecule has 1 unspecified atom stereocenters. The van der Waals surface area contributed by atoms with Crippen molar-refractivity contribution in [3.63, 3.8) is 0 Å². The van der Waals surface area contributed by atoms with Gasteiger partial charge in [0, 0.05) is 32.0 Å². The van der Waals surface area contributed by atoms with Crippen LogP contribution < -0.4 is 0 Å². The van der Waals surface area contributed by atoms with Crippen LogP contribution in [0.15, 0.2) is 24.3 Å². The summed E-state index contributed by atoms with van der Waals surface area (Å²) in [5.74, 6) is 0.650. The number of aryl methyl sites for hydroxylation is 1. The number of carbonyl (C=O) groups is 2. The second-order valence-corrected chi connectivity index (χ2v) is 7.42. The van der Waals surface area contributed by atoms with Crippen molar-refractivity contribution in [3.8, 4) is 0 Å². The highest BCUT2D eigenvalue weighted by molar-refractivity contribution is 5.91. The fourth-order valence-corrected chi connectivity index (χ4v) is 4.12. The third-order valence-corrected chi connectivity index (χ3v) is 5.64. The Labute approximate surface area is 158 Å². The summed E-state index contributed by atoms with van der Waals surface area (Å²) < 4.78 is 2.00. The van der Waals surface area contributed by atoms with E-state index in [4.69, 9.17) is 5.11 Å². The van der Waals surface area contributed by atoms with Crippen molar-refractivity contribution in [2.45, 2.75) is 51.0 Å². The summed E-state index contributed by atoms with van der Waals surface area (Å²) >= 11 is 0. The molecule has 2 aromatic rings. The number of likely N-dealkylation sites (tertiary alicyclic amines) is 1. The molecule has 1 aromatic carbocycles. The van der Waals surface area contributed by atoms with Gasteiger partial charge in [0.2, 0.25) is 5.82 Å². The van der Waals surface area contributed by atoms with E-state index in [1.807, 2.05) is 21.6 Å². The number of benzene rings is 1. The number of aromatic nitrogens is 3. The van der Waals surface area contributed by atoms with Crippen LogP contribution in [-0.4, -0.2) is 49.7 Å². The van der Waals surface area contributed by atoms with Gasteiger partial charge in [-0.05, 0) is 43.4 Å². The molecule has 0 bridgehead atoms. The summed E-state index contributed by atoms with van der Waals surface area (Å²) in [6.45, 7) is 2.18. The van der Waals surface area contributed by atoms with Crippen LogP contribution in [0.4, 0.5) is 0 Å². The minimum atomic E-state index is -0.922. The zero-order valence-electron chi connectivity index (χ0n) is 15.3. The van der Waals surface area contributed by atoms with E-state index in [1.165, 1.54) is 0 Å². The monoisotopic (exact) mass is 368 g/mol. The Hall–Kier alpha value is -2.70. The van der Waals surface area contributed by atoms with E-state index in [2.05, 4.69) is 10.2 Å². The van der Waals surface area contributed by atoms with E-state index in [1.54, 1.807) is 12.1 Å². The van der Waals surface area contributed by atoms with Crippen molar-refractivity contribution in [1.82, 2.24) is 19.7 Å². The van der Waals surface area contributed by atoms with Crippen molar-refractivity contribution >= 4 is 11.9 Å². The number of carboxylic acids is 1. The summed E-state index contributed by atoms with van der Waals surface area (Å²) in [6.07, 6.45) is 6.13. The molecule has 0 saturated carbocycles. The summed E-state index contributed by atoms with van der Waals surface area (Å²) in [7, 11) is 0. The third-order valence-electron chi connectivity index (χ3n) is 5.64. The smallest absolute Gasteiger partial charge is 0.335 e. The van der Waals surface area contributed by atoms with Gasteiger partial charge in [-0.2, -0.15) is 0 Å². The van der Waals surface area contributed by atoms with E-state index in [0.29, 0.717) is 12.4 Å². The molecule has 1 amide bonds. The number of aromatic carboxylic acids is 1. The predicted molar refractivity (Wildman–Crippen MR) is 98.9 cm³/mol. The predicted octanol–water partition coefficient (Wildman–Crippen LogP) is 2.72. The van der Waals surface area contributed by atoms with Gasteiger partial charge in [0.05, 0.1) is 5.56 Å². The molecule has 4 rings (SSSR count). The van der Waals surface area contributed by atoms with Crippen LogP contribution in [0.3, 0.4) is 0 Å². The fraction of sp³-hybridized carbons (Fsp3) is 0.500. The minimum absolute atomic E-state index is 0.0393. The van der Waals surface area contributed by atoms with Gasteiger partial charge in [-0.1, -0.05) is 18.6 Å². The SMILES string of the molecule is O=C(O)c1ccc(C2CCCN(C(=O)c3nnc4n3CCCCC4)C2)cc1. The van der Waals surface area contributed by atoms with E-state index in [-0.39, 0.29) is 17.4 Å². The molecule has 7 nitrogen and oxygen atoms in total. The van der Waals surface area contributed by atoms with Crippen LogP contribution >= 0.6 is 0 Å². The number of carboxylic acid groups (broad SMARTS) is 1. The number of rotatable bonds is 3. The van der Waals surface area contributed by atoms with Crippen LogP contribution in [-0.2, 0) is 13.0 Å². The molecule has 0 spiro atoms. The Balaban J connectivity index is 1.50. The van der Waals surface area contributed by atoms with Gasteiger partial charge in [0.15, 0.2) is 0 Å². The second kappa shape index (κ2) is 7.50. The van der Waals surface area contributed by atoms with Gasteiger partial charge in [0.25, 0.3) is 5.91 Å². The van der Waals surface area contributed by atoms with Crippen LogP contribution in [0.25, 0.3) is 0 Å². The first-order valence-corrected chi connectivity index (χ1v) is 9.68. The molecule has 2 aliphatic heterocycles. The lowest BCUT2D eigenvalue weighted by Gasteiger charge is -2.32. The standard InChI is InChI=1S/C20H24N4O3/c25-19(18-22-21-17-6-2-1-3-12-24(17)18)23-11-4-5-16(13-23)14-7-9-15(10-8-14)20(26)27/h7-10,16H,1-6,11-13H2,(H,26,27). The molecule has 2 aliphatic rings. The summed E-state index contributed by atoms with van der Waals surface area (Å²) in [4.78, 5) is 26.0. The third kappa shape index (κ3) is 3.59. The van der Waals surface area contributed by atoms with Crippen LogP contribution in [0.2, 0.25) is 0 Å². The van der Waals surface area contributed by atoms with Gasteiger partial charge in [-0.15, -0.1) is 10.2 Å². The summed E-state index contributed by atoms with van der Waals surface area (Å²) in [6, 6.07) is 7.00. The first-order valence-electron chi connectivity index (χ1n) is 9.68. The number of hydrogen-bond acceptors (Lipinski definition) is 4. The maximum atomic E-state index is 13.1. The maximum Gasteiger partial charge on any atom is 0.335 e. The fourth-order valence-electron chi connectivity index (χ4n) is 4.12. The molecule has 1 N–H and O–H groups in total. The Kier molecular flexibility index (Phi) is 4.92. The first-order chi connectivity index (χ1) is 13.1. The number of amides is 1. The summed E-state index contributed by atoms with van der Waals surface area (Å²) in [5.41, 5.74) is 1.37. The zero-order valence-corrected chi connectivity index (χ0v) is 15.3. The summed E-state index contributed by atoms with van der Waals surface area (Å²) in [5, 5.41) is 17.5. The van der Waals surface area contributed by atoms with E-state index < -0.39 is 5.97 Å². The van der Waals surface area contributed by atoms with Crippen molar-refractivity contribution in [2.24, 2.45) is 0 Å². The van der Waals surface area contributed by atoms with Gasteiger partial charge in [0.1, 0.15) is 5.82 Å². The molecule has 0 radical (unpaired) electrons. The van der Waals surface area contributed by atoms with E-state index in [0.717, 1.165) is 63.0 Å². The van der Waals surface area contributed by atoms with Crippen molar-refractivity contribution in [3.05, 3.63) is 47.0 Å². The number of fused-ring (bicyclic) bond motifs is 1. The molecule has 3 heterocycles. The molecule has 1 saturated heterocycles. The second-order valence-electron chi connectivity index (χ2n) is 7.42. The Bertz CT molecular complexity index is 843. The molecule has 27 heavy (non-hydrogen) atoms. The number of nitrogens with zero attached hydrogens (tertiary/aromatic N) is 4. The van der Waals surface area contributed by atoms with Crippen LogP contribution in [0.5, 0.6) is 0 Å². The Morgan fingerprint density at radius 1 is 1.00 bits per heavy atom. The van der Waals surface area contributed by atoms with Crippen molar-refractivity contribution in [2.75, 3.05) is 13.1 Å². The van der Waals surface area contributed by atoms with Gasteiger partial charge in [-0.3, -0.25) is 4.79 Å². The normalized spacial score (nSPS) is 20.0. The number of hydrogen-bond donors (Lipinski definition) is 1. The first kappa shape index (κ1) is 17.7. The minimum Gasteiger partial charge on any atom is -0.478 e. The molecule has 1 aromatic heterocycles. The maximum absolute atomic E-state index is 13.1. The Morgan fingerprint density at radius 3 is 2.59 bits per heavy atom. The van der Waals surface area contributed by atoms with Crippen LogP contribution in [0, 0.1) is 0 Å². The average Bonchev–Trinajstić information content (AvgIpc) is 2.95. The highest BCUT2D eigenvalue weighted by Gasteiger charge is 2.29. The topological polar surface area (TPSA) is 88.3 Å². The molecular formula is C20H24N4O3. The highest BCUT2D eigenvalue weighted by atomic mass is 16.4. The molecule has 0 aliphatic carbocycles.